The Morgan fingerprint density at radius 3 is 2.27 bits per heavy atom. The number of rotatable bonds is 1. The highest BCUT2D eigenvalue weighted by molar-refractivity contribution is 7.99. The van der Waals surface area contributed by atoms with E-state index in [4.69, 9.17) is 9.31 Å². The van der Waals surface area contributed by atoms with Gasteiger partial charge in [-0.25, -0.2) is 0 Å². The van der Waals surface area contributed by atoms with Crippen molar-refractivity contribution in [2.75, 3.05) is 11.5 Å². The monoisotopic (exact) mass is 226 g/mol. The molecule has 0 aliphatic carbocycles. The standard InChI is InChI=1S/C11H19BO2S/c1-10(2)11(3,4)14-12(13-10)7-9-5-6-15-8-9/h7H,5-6,8H2,1-4H3/b9-7+. The first-order chi connectivity index (χ1) is 6.91. The second-order valence-electron chi connectivity index (χ2n) is 5.25. The Morgan fingerprint density at radius 2 is 1.80 bits per heavy atom. The highest BCUT2D eigenvalue weighted by Gasteiger charge is 2.50. The van der Waals surface area contributed by atoms with E-state index in [-0.39, 0.29) is 18.3 Å². The summed E-state index contributed by atoms with van der Waals surface area (Å²) in [5, 5.41) is 0. The molecule has 84 valence electrons. The second kappa shape index (κ2) is 3.83. The van der Waals surface area contributed by atoms with Crippen molar-refractivity contribution >= 4 is 18.9 Å². The van der Waals surface area contributed by atoms with Gasteiger partial charge in [-0.2, -0.15) is 11.8 Å². The van der Waals surface area contributed by atoms with Crippen LogP contribution >= 0.6 is 11.8 Å². The summed E-state index contributed by atoms with van der Waals surface area (Å²) in [7, 11) is -0.149. The number of thioether (sulfide) groups is 1. The van der Waals surface area contributed by atoms with E-state index in [0.29, 0.717) is 0 Å². The summed E-state index contributed by atoms with van der Waals surface area (Å²) in [6.45, 7) is 8.37. The van der Waals surface area contributed by atoms with Crippen LogP contribution in [0.25, 0.3) is 0 Å². The summed E-state index contributed by atoms with van der Waals surface area (Å²) in [6, 6.07) is 0. The van der Waals surface area contributed by atoms with E-state index in [9.17, 15) is 0 Å². The zero-order chi connectivity index (χ0) is 11.1. The van der Waals surface area contributed by atoms with Crippen LogP contribution in [-0.2, 0) is 9.31 Å². The molecule has 0 saturated carbocycles. The molecule has 2 saturated heterocycles. The molecule has 0 bridgehead atoms. The first kappa shape index (κ1) is 11.6. The van der Waals surface area contributed by atoms with Gasteiger partial charge in [0.2, 0.25) is 0 Å². The Bertz CT molecular complexity index is 262. The van der Waals surface area contributed by atoms with Crippen molar-refractivity contribution in [2.45, 2.75) is 45.3 Å². The van der Waals surface area contributed by atoms with E-state index in [1.165, 1.54) is 17.7 Å². The smallest absolute Gasteiger partial charge is 0.400 e. The molecule has 0 atom stereocenters. The molecule has 2 rings (SSSR count). The molecule has 0 aromatic carbocycles. The van der Waals surface area contributed by atoms with Crippen LogP contribution < -0.4 is 0 Å². The molecule has 4 heteroatoms. The van der Waals surface area contributed by atoms with Crippen molar-refractivity contribution < 1.29 is 9.31 Å². The van der Waals surface area contributed by atoms with Crippen LogP contribution in [0.1, 0.15) is 34.1 Å². The lowest BCUT2D eigenvalue weighted by atomic mass is 9.87. The molecule has 0 amide bonds. The summed E-state index contributed by atoms with van der Waals surface area (Å²) in [5.74, 6) is 4.55. The van der Waals surface area contributed by atoms with Crippen LogP contribution in [-0.4, -0.2) is 29.8 Å². The lowest BCUT2D eigenvalue weighted by Crippen LogP contribution is -2.41. The first-order valence-corrected chi connectivity index (χ1v) is 6.69. The van der Waals surface area contributed by atoms with E-state index in [2.05, 4.69) is 33.7 Å². The van der Waals surface area contributed by atoms with Crippen LogP contribution in [0, 0.1) is 0 Å². The first-order valence-electron chi connectivity index (χ1n) is 5.54. The maximum atomic E-state index is 5.92. The van der Waals surface area contributed by atoms with Gasteiger partial charge in [0.05, 0.1) is 11.2 Å². The maximum absolute atomic E-state index is 5.92. The summed E-state index contributed by atoms with van der Waals surface area (Å²) in [6.07, 6.45) is 1.19. The normalized spacial score (nSPS) is 31.5. The Labute approximate surface area is 96.9 Å². The minimum atomic E-state index is -0.208. The fraction of sp³-hybridized carbons (Fsp3) is 0.818. The highest BCUT2D eigenvalue weighted by atomic mass is 32.2. The highest BCUT2D eigenvalue weighted by Crippen LogP contribution is 2.37. The average Bonchev–Trinajstić information content (AvgIpc) is 2.59. The van der Waals surface area contributed by atoms with Gasteiger partial charge < -0.3 is 9.31 Å². The molecule has 2 fully saturated rings. The van der Waals surface area contributed by atoms with E-state index >= 15 is 0 Å². The summed E-state index contributed by atoms with van der Waals surface area (Å²) < 4.78 is 11.8. The largest absolute Gasteiger partial charge is 0.487 e. The molecule has 15 heavy (non-hydrogen) atoms. The molecule has 0 N–H and O–H groups in total. The molecular weight excluding hydrogens is 207 g/mol. The predicted molar refractivity (Wildman–Crippen MR) is 66.1 cm³/mol. The molecule has 0 aromatic rings. The molecule has 0 radical (unpaired) electrons. The summed E-state index contributed by atoms with van der Waals surface area (Å²) >= 11 is 1.99. The van der Waals surface area contributed by atoms with Crippen molar-refractivity contribution in [2.24, 2.45) is 0 Å². The van der Waals surface area contributed by atoms with Crippen LogP contribution in [0.2, 0.25) is 0 Å². The lowest BCUT2D eigenvalue weighted by Gasteiger charge is -2.32. The average molecular weight is 226 g/mol. The van der Waals surface area contributed by atoms with Crippen molar-refractivity contribution in [1.29, 1.82) is 0 Å². The second-order valence-corrected chi connectivity index (χ2v) is 6.36. The van der Waals surface area contributed by atoms with Crippen molar-refractivity contribution in [3.63, 3.8) is 0 Å². The van der Waals surface area contributed by atoms with Gasteiger partial charge in [0, 0.05) is 5.75 Å². The van der Waals surface area contributed by atoms with Gasteiger partial charge in [-0.15, -0.1) is 0 Å². The van der Waals surface area contributed by atoms with E-state index in [1.807, 2.05) is 11.8 Å². The van der Waals surface area contributed by atoms with Crippen molar-refractivity contribution in [3.05, 3.63) is 11.5 Å². The van der Waals surface area contributed by atoms with E-state index < -0.39 is 0 Å². The third-order valence-electron chi connectivity index (χ3n) is 3.50. The fourth-order valence-electron chi connectivity index (χ4n) is 1.76. The number of hydrogen-bond donors (Lipinski definition) is 0. The maximum Gasteiger partial charge on any atom is 0.487 e. The molecule has 2 nitrogen and oxygen atoms in total. The minimum Gasteiger partial charge on any atom is -0.400 e. The molecular formula is C11H19BO2S. The van der Waals surface area contributed by atoms with Gasteiger partial charge in [-0.05, 0) is 39.9 Å². The van der Waals surface area contributed by atoms with Crippen molar-refractivity contribution in [3.8, 4) is 0 Å². The zero-order valence-electron chi connectivity index (χ0n) is 10.0. The third kappa shape index (κ3) is 2.27. The van der Waals surface area contributed by atoms with Gasteiger partial charge in [0.15, 0.2) is 0 Å². The quantitative estimate of drug-likeness (QED) is 0.640. The topological polar surface area (TPSA) is 18.5 Å². The van der Waals surface area contributed by atoms with E-state index in [1.54, 1.807) is 0 Å². The molecule has 0 unspecified atom stereocenters. The van der Waals surface area contributed by atoms with Crippen molar-refractivity contribution in [1.82, 2.24) is 0 Å². The van der Waals surface area contributed by atoms with Gasteiger partial charge in [-0.1, -0.05) is 11.5 Å². The van der Waals surface area contributed by atoms with Gasteiger partial charge in [0.25, 0.3) is 0 Å². The predicted octanol–water partition coefficient (Wildman–Crippen LogP) is 2.68. The van der Waals surface area contributed by atoms with Crippen LogP contribution in [0.15, 0.2) is 11.5 Å². The van der Waals surface area contributed by atoms with Gasteiger partial charge >= 0.3 is 7.12 Å². The summed E-state index contributed by atoms with van der Waals surface area (Å²) in [5.41, 5.74) is 1.06. The van der Waals surface area contributed by atoms with E-state index in [0.717, 1.165) is 5.75 Å². The Balaban J connectivity index is 2.06. The molecule has 2 aliphatic heterocycles. The number of hydrogen-bond acceptors (Lipinski definition) is 3. The fourth-order valence-corrected chi connectivity index (χ4v) is 2.81. The van der Waals surface area contributed by atoms with Gasteiger partial charge in [-0.3, -0.25) is 0 Å². The Hall–Kier alpha value is 0.0749. The minimum absolute atomic E-state index is 0.149. The summed E-state index contributed by atoms with van der Waals surface area (Å²) in [4.78, 5) is 0. The molecule has 0 spiro atoms. The lowest BCUT2D eigenvalue weighted by molar-refractivity contribution is 0.00578. The SMILES string of the molecule is CC1(C)OB(/C=C2\CCSC2)OC1(C)C. The van der Waals surface area contributed by atoms with Crippen LogP contribution in [0.5, 0.6) is 0 Å². The molecule has 2 aliphatic rings. The zero-order valence-corrected chi connectivity index (χ0v) is 10.8. The Kier molecular flexibility index (Phi) is 2.95. The third-order valence-corrected chi connectivity index (χ3v) is 4.57. The van der Waals surface area contributed by atoms with Crippen LogP contribution in [0.4, 0.5) is 0 Å². The Morgan fingerprint density at radius 1 is 1.20 bits per heavy atom. The van der Waals surface area contributed by atoms with Crippen LogP contribution in [0.3, 0.4) is 0 Å². The molecule has 0 aromatic heterocycles. The molecule has 2 heterocycles. The van der Waals surface area contributed by atoms with Gasteiger partial charge in [0.1, 0.15) is 0 Å².